The van der Waals surface area contributed by atoms with Crippen molar-refractivity contribution in [3.8, 4) is 0 Å². The Balaban J connectivity index is 1.86. The molecule has 0 spiro atoms. The zero-order chi connectivity index (χ0) is 15.0. The van der Waals surface area contributed by atoms with E-state index in [9.17, 15) is 13.2 Å². The number of sulfone groups is 1. The number of nitrogens with zero attached hydrogens (tertiary/aromatic N) is 3. The third-order valence-corrected chi connectivity index (χ3v) is 5.57. The highest BCUT2D eigenvalue weighted by Gasteiger charge is 2.27. The normalized spacial score (nSPS) is 22.1. The first-order valence-corrected chi connectivity index (χ1v) is 8.68. The summed E-state index contributed by atoms with van der Waals surface area (Å²) in [5.41, 5.74) is 1.46. The molecule has 0 aliphatic carbocycles. The number of hydrogen-bond donors (Lipinski definition) is 0. The molecule has 7 heteroatoms. The maximum Gasteiger partial charge on any atom is 0.255 e. The minimum atomic E-state index is -3.05. The van der Waals surface area contributed by atoms with E-state index >= 15 is 0 Å². The van der Waals surface area contributed by atoms with Crippen molar-refractivity contribution in [2.45, 2.75) is 6.92 Å². The van der Waals surface area contributed by atoms with Crippen LogP contribution in [0, 0.1) is 5.92 Å². The molecule has 6 nitrogen and oxygen atoms in total. The SMILES string of the molecule is CC1CN(C(=O)c2ccc3cncn3c2)CCS(=O)(=O)C1. The molecule has 0 aromatic carbocycles. The Morgan fingerprint density at radius 1 is 1.38 bits per heavy atom. The Bertz CT molecular complexity index is 782. The summed E-state index contributed by atoms with van der Waals surface area (Å²) in [4.78, 5) is 18.2. The second kappa shape index (κ2) is 5.14. The first-order chi connectivity index (χ1) is 9.94. The lowest BCUT2D eigenvalue weighted by Crippen LogP contribution is -2.35. The molecule has 0 radical (unpaired) electrons. The van der Waals surface area contributed by atoms with Crippen molar-refractivity contribution < 1.29 is 13.2 Å². The van der Waals surface area contributed by atoms with E-state index < -0.39 is 9.84 Å². The van der Waals surface area contributed by atoms with Gasteiger partial charge < -0.3 is 9.30 Å². The van der Waals surface area contributed by atoms with Gasteiger partial charge in [0.2, 0.25) is 0 Å². The van der Waals surface area contributed by atoms with Crippen LogP contribution >= 0.6 is 0 Å². The fourth-order valence-corrected chi connectivity index (χ4v) is 4.34. The standard InChI is InChI=1S/C14H17N3O3S/c1-11-7-16(4-5-21(19,20)9-11)14(18)12-2-3-13-6-15-10-17(13)8-12/h2-3,6,8,10-11H,4-5,7,9H2,1H3. The van der Waals surface area contributed by atoms with Crippen LogP contribution < -0.4 is 0 Å². The van der Waals surface area contributed by atoms with Gasteiger partial charge in [-0.2, -0.15) is 0 Å². The molecule has 0 saturated carbocycles. The van der Waals surface area contributed by atoms with E-state index in [1.54, 1.807) is 34.1 Å². The predicted molar refractivity (Wildman–Crippen MR) is 78.9 cm³/mol. The zero-order valence-electron chi connectivity index (χ0n) is 11.8. The fourth-order valence-electron chi connectivity index (χ4n) is 2.70. The average Bonchev–Trinajstić information content (AvgIpc) is 2.83. The highest BCUT2D eigenvalue weighted by molar-refractivity contribution is 7.91. The lowest BCUT2D eigenvalue weighted by atomic mass is 10.1. The predicted octanol–water partition coefficient (Wildman–Crippen LogP) is 0.841. The molecule has 1 fully saturated rings. The van der Waals surface area contributed by atoms with Gasteiger partial charge >= 0.3 is 0 Å². The lowest BCUT2D eigenvalue weighted by Gasteiger charge is -2.22. The van der Waals surface area contributed by atoms with Crippen molar-refractivity contribution in [1.82, 2.24) is 14.3 Å². The van der Waals surface area contributed by atoms with Crippen LogP contribution in [0.3, 0.4) is 0 Å². The lowest BCUT2D eigenvalue weighted by molar-refractivity contribution is 0.0751. The minimum Gasteiger partial charge on any atom is -0.337 e. The highest BCUT2D eigenvalue weighted by atomic mass is 32.2. The molecule has 1 aliphatic heterocycles. The summed E-state index contributed by atoms with van der Waals surface area (Å²) >= 11 is 0. The number of amides is 1. The van der Waals surface area contributed by atoms with E-state index in [1.165, 1.54) is 0 Å². The second-order valence-corrected chi connectivity index (χ2v) is 7.84. The van der Waals surface area contributed by atoms with Crippen molar-refractivity contribution >= 4 is 21.3 Å². The van der Waals surface area contributed by atoms with Crippen LogP contribution in [-0.4, -0.2) is 53.2 Å². The van der Waals surface area contributed by atoms with Gasteiger partial charge in [0, 0.05) is 19.3 Å². The number of pyridine rings is 1. The molecule has 2 aromatic rings. The summed E-state index contributed by atoms with van der Waals surface area (Å²) < 4.78 is 25.3. The molecule has 3 rings (SSSR count). The molecule has 112 valence electrons. The third kappa shape index (κ3) is 2.92. The molecule has 21 heavy (non-hydrogen) atoms. The molecular weight excluding hydrogens is 290 g/mol. The van der Waals surface area contributed by atoms with E-state index in [2.05, 4.69) is 4.98 Å². The van der Waals surface area contributed by atoms with Gasteiger partial charge in [0.05, 0.1) is 35.1 Å². The molecule has 1 atom stereocenters. The Morgan fingerprint density at radius 3 is 3.00 bits per heavy atom. The Labute approximate surface area is 123 Å². The summed E-state index contributed by atoms with van der Waals surface area (Å²) in [6.45, 7) is 2.59. The van der Waals surface area contributed by atoms with Crippen LogP contribution in [0.5, 0.6) is 0 Å². The molecule has 1 unspecified atom stereocenters. The van der Waals surface area contributed by atoms with Crippen molar-refractivity contribution in [2.24, 2.45) is 5.92 Å². The van der Waals surface area contributed by atoms with Gasteiger partial charge in [-0.05, 0) is 18.1 Å². The van der Waals surface area contributed by atoms with E-state index in [0.29, 0.717) is 12.1 Å². The molecule has 1 amide bonds. The van der Waals surface area contributed by atoms with E-state index in [-0.39, 0.29) is 29.9 Å². The molecule has 2 aromatic heterocycles. The Morgan fingerprint density at radius 2 is 2.19 bits per heavy atom. The molecule has 0 N–H and O–H groups in total. The fraction of sp³-hybridized carbons (Fsp3) is 0.429. The van der Waals surface area contributed by atoms with Crippen LogP contribution in [0.25, 0.3) is 5.52 Å². The van der Waals surface area contributed by atoms with Gasteiger partial charge in [-0.1, -0.05) is 6.92 Å². The topological polar surface area (TPSA) is 71.8 Å². The Kier molecular flexibility index (Phi) is 3.44. The van der Waals surface area contributed by atoms with Crippen molar-refractivity contribution in [2.75, 3.05) is 24.6 Å². The van der Waals surface area contributed by atoms with Gasteiger partial charge in [0.25, 0.3) is 5.91 Å². The molecular formula is C14H17N3O3S. The number of imidazole rings is 1. The van der Waals surface area contributed by atoms with Crippen molar-refractivity contribution in [3.63, 3.8) is 0 Å². The summed E-state index contributed by atoms with van der Waals surface area (Å²) in [5.74, 6) is 0.0151. The average molecular weight is 307 g/mol. The molecule has 3 heterocycles. The second-order valence-electron chi connectivity index (χ2n) is 5.61. The summed E-state index contributed by atoms with van der Waals surface area (Å²) in [7, 11) is -3.05. The summed E-state index contributed by atoms with van der Waals surface area (Å²) in [5, 5.41) is 0. The van der Waals surface area contributed by atoms with E-state index in [4.69, 9.17) is 0 Å². The summed E-state index contributed by atoms with van der Waals surface area (Å²) in [6, 6.07) is 3.58. The summed E-state index contributed by atoms with van der Waals surface area (Å²) in [6.07, 6.45) is 5.09. The quantitative estimate of drug-likeness (QED) is 0.783. The number of carbonyl (C=O) groups excluding carboxylic acids is 1. The number of rotatable bonds is 1. The maximum atomic E-state index is 12.6. The highest BCUT2D eigenvalue weighted by Crippen LogP contribution is 2.15. The van der Waals surface area contributed by atoms with Gasteiger partial charge in [-0.3, -0.25) is 4.79 Å². The van der Waals surface area contributed by atoms with E-state index in [1.807, 2.05) is 13.0 Å². The minimum absolute atomic E-state index is 0.0381. The number of carbonyl (C=O) groups is 1. The van der Waals surface area contributed by atoms with Gasteiger partial charge in [-0.25, -0.2) is 13.4 Å². The van der Waals surface area contributed by atoms with Crippen LogP contribution in [-0.2, 0) is 9.84 Å². The molecule has 0 bridgehead atoms. The number of hydrogen-bond acceptors (Lipinski definition) is 4. The third-order valence-electron chi connectivity index (χ3n) is 3.68. The van der Waals surface area contributed by atoms with Gasteiger partial charge in [0.15, 0.2) is 9.84 Å². The van der Waals surface area contributed by atoms with Gasteiger partial charge in [0.1, 0.15) is 0 Å². The van der Waals surface area contributed by atoms with Crippen LogP contribution in [0.2, 0.25) is 0 Å². The zero-order valence-corrected chi connectivity index (χ0v) is 12.6. The Hall–Kier alpha value is -1.89. The maximum absolute atomic E-state index is 12.6. The first kappa shape index (κ1) is 14.1. The van der Waals surface area contributed by atoms with Crippen molar-refractivity contribution in [1.29, 1.82) is 0 Å². The van der Waals surface area contributed by atoms with Crippen LogP contribution in [0.1, 0.15) is 17.3 Å². The molecule has 1 aliphatic rings. The van der Waals surface area contributed by atoms with Crippen molar-refractivity contribution in [3.05, 3.63) is 36.4 Å². The molecule has 1 saturated heterocycles. The first-order valence-electron chi connectivity index (χ1n) is 6.86. The van der Waals surface area contributed by atoms with Crippen LogP contribution in [0.4, 0.5) is 0 Å². The number of fused-ring (bicyclic) bond motifs is 1. The number of aromatic nitrogens is 2. The van der Waals surface area contributed by atoms with Crippen LogP contribution in [0.15, 0.2) is 30.9 Å². The smallest absolute Gasteiger partial charge is 0.255 e. The monoisotopic (exact) mass is 307 g/mol. The van der Waals surface area contributed by atoms with Gasteiger partial charge in [-0.15, -0.1) is 0 Å². The van der Waals surface area contributed by atoms with E-state index in [0.717, 1.165) is 5.52 Å². The largest absolute Gasteiger partial charge is 0.337 e.